The number of nitrogens with zero attached hydrogens (tertiary/aromatic N) is 3. The third kappa shape index (κ3) is 4.23. The van der Waals surface area contributed by atoms with Gasteiger partial charge in [-0.15, -0.1) is 0 Å². The minimum Gasteiger partial charge on any atom is -0.487 e. The molecule has 32 heavy (non-hydrogen) atoms. The van der Waals surface area contributed by atoms with Crippen LogP contribution in [0, 0.1) is 0 Å². The van der Waals surface area contributed by atoms with Crippen LogP contribution in [0.4, 0.5) is 0 Å². The number of aromatic nitrogens is 2. The van der Waals surface area contributed by atoms with Crippen LogP contribution in [-0.4, -0.2) is 40.5 Å². The van der Waals surface area contributed by atoms with Crippen LogP contribution in [0.3, 0.4) is 0 Å². The molecule has 0 N–H and O–H groups in total. The van der Waals surface area contributed by atoms with Gasteiger partial charge in [-0.25, -0.2) is 4.98 Å². The molecular weight excluding hydrogens is 406 g/mol. The first-order valence-corrected chi connectivity index (χ1v) is 10.5. The zero-order chi connectivity index (χ0) is 21.9. The summed E-state index contributed by atoms with van der Waals surface area (Å²) in [4.78, 5) is 19.0. The van der Waals surface area contributed by atoms with Gasteiger partial charge in [0.1, 0.15) is 31.2 Å². The zero-order valence-corrected chi connectivity index (χ0v) is 17.7. The van der Waals surface area contributed by atoms with Gasteiger partial charge in [-0.3, -0.25) is 4.79 Å². The topological polar surface area (TPSA) is 65.3 Å². The van der Waals surface area contributed by atoms with E-state index in [4.69, 9.17) is 14.2 Å². The Morgan fingerprint density at radius 3 is 2.69 bits per heavy atom. The van der Waals surface area contributed by atoms with Gasteiger partial charge in [0.05, 0.1) is 5.69 Å². The molecule has 2 aromatic carbocycles. The number of fused-ring (bicyclic) bond motifs is 2. The SMILES string of the molecule is CN(Cc1ccc2c(c1)OCCO2)C(=O)c1ccc(OCc2cn3ccccc3n2)cc1. The highest BCUT2D eigenvalue weighted by Crippen LogP contribution is 2.31. The molecule has 0 bridgehead atoms. The number of ether oxygens (including phenoxy) is 3. The summed E-state index contributed by atoms with van der Waals surface area (Å²) in [5, 5.41) is 0. The molecule has 7 heteroatoms. The average Bonchev–Trinajstić information content (AvgIpc) is 3.25. The summed E-state index contributed by atoms with van der Waals surface area (Å²) in [5.41, 5.74) is 3.31. The second-order valence-electron chi connectivity index (χ2n) is 7.65. The molecule has 7 nitrogen and oxygen atoms in total. The summed E-state index contributed by atoms with van der Waals surface area (Å²) in [5.74, 6) is 2.09. The van der Waals surface area contributed by atoms with Gasteiger partial charge < -0.3 is 23.5 Å². The predicted molar refractivity (Wildman–Crippen MR) is 119 cm³/mol. The molecule has 162 valence electrons. The molecule has 0 unspecified atom stereocenters. The molecule has 0 saturated carbocycles. The maximum Gasteiger partial charge on any atom is 0.253 e. The molecule has 1 aliphatic heterocycles. The first-order valence-electron chi connectivity index (χ1n) is 10.5. The number of carbonyl (C=O) groups excluding carboxylic acids is 1. The number of pyridine rings is 1. The standard InChI is InChI=1S/C25H23N3O4/c1-27(15-18-5-10-22-23(14-18)31-13-12-30-22)25(29)19-6-8-21(9-7-19)32-17-20-16-28-11-3-2-4-24(28)26-20/h2-11,14,16H,12-13,15,17H2,1H3. The largest absolute Gasteiger partial charge is 0.487 e. The number of hydrogen-bond donors (Lipinski definition) is 0. The zero-order valence-electron chi connectivity index (χ0n) is 17.7. The maximum atomic E-state index is 12.8. The molecule has 1 amide bonds. The maximum absolute atomic E-state index is 12.8. The van der Waals surface area contributed by atoms with Crippen LogP contribution >= 0.6 is 0 Å². The van der Waals surface area contributed by atoms with Gasteiger partial charge >= 0.3 is 0 Å². The molecule has 0 saturated heterocycles. The highest BCUT2D eigenvalue weighted by Gasteiger charge is 2.16. The number of benzene rings is 2. The molecule has 4 aromatic rings. The second-order valence-corrected chi connectivity index (χ2v) is 7.65. The summed E-state index contributed by atoms with van der Waals surface area (Å²) < 4.78 is 19.0. The van der Waals surface area contributed by atoms with Crippen LogP contribution in [0.1, 0.15) is 21.6 Å². The Labute approximate surface area is 185 Å². The van der Waals surface area contributed by atoms with Crippen LogP contribution in [0.5, 0.6) is 17.2 Å². The van der Waals surface area contributed by atoms with E-state index in [1.165, 1.54) is 0 Å². The Kier molecular flexibility index (Phi) is 5.37. The normalized spacial score (nSPS) is 12.5. The lowest BCUT2D eigenvalue weighted by molar-refractivity contribution is 0.0784. The highest BCUT2D eigenvalue weighted by molar-refractivity contribution is 5.94. The van der Waals surface area contributed by atoms with Crippen molar-refractivity contribution in [3.05, 3.63) is 89.9 Å². The van der Waals surface area contributed by atoms with Crippen LogP contribution < -0.4 is 14.2 Å². The summed E-state index contributed by atoms with van der Waals surface area (Å²) in [7, 11) is 1.78. The third-order valence-electron chi connectivity index (χ3n) is 5.27. The molecule has 0 radical (unpaired) electrons. The van der Waals surface area contributed by atoms with E-state index >= 15 is 0 Å². The second kappa shape index (κ2) is 8.63. The fraction of sp³-hybridized carbons (Fsp3) is 0.200. The molecule has 0 spiro atoms. The van der Waals surface area contributed by atoms with E-state index in [0.717, 1.165) is 28.4 Å². The van der Waals surface area contributed by atoms with Crippen molar-refractivity contribution in [2.45, 2.75) is 13.2 Å². The molecule has 0 aliphatic carbocycles. The van der Waals surface area contributed by atoms with Crippen molar-refractivity contribution in [1.29, 1.82) is 0 Å². The van der Waals surface area contributed by atoms with Crippen LogP contribution in [0.2, 0.25) is 0 Å². The Hall–Kier alpha value is -4.00. The molecule has 0 fully saturated rings. The lowest BCUT2D eigenvalue weighted by atomic mass is 10.1. The van der Waals surface area contributed by atoms with Crippen molar-refractivity contribution in [2.24, 2.45) is 0 Å². The van der Waals surface area contributed by atoms with Crippen molar-refractivity contribution < 1.29 is 19.0 Å². The predicted octanol–water partition coefficient (Wildman–Crippen LogP) is 3.96. The number of amides is 1. The van der Waals surface area contributed by atoms with Crippen LogP contribution in [0.15, 0.2) is 73.1 Å². The first-order chi connectivity index (χ1) is 15.7. The number of hydrogen-bond acceptors (Lipinski definition) is 5. The lowest BCUT2D eigenvalue weighted by Crippen LogP contribution is -2.26. The Morgan fingerprint density at radius 1 is 1.06 bits per heavy atom. The van der Waals surface area contributed by atoms with Gasteiger partial charge in [0.25, 0.3) is 5.91 Å². The quantitative estimate of drug-likeness (QED) is 0.464. The fourth-order valence-corrected chi connectivity index (χ4v) is 3.66. The van der Waals surface area contributed by atoms with Gasteiger partial charge in [0, 0.05) is 31.5 Å². The van der Waals surface area contributed by atoms with Gasteiger partial charge in [0.2, 0.25) is 0 Å². The van der Waals surface area contributed by atoms with Gasteiger partial charge in [-0.05, 0) is 54.1 Å². The van der Waals surface area contributed by atoms with E-state index in [2.05, 4.69) is 4.98 Å². The lowest BCUT2D eigenvalue weighted by Gasteiger charge is -2.21. The summed E-state index contributed by atoms with van der Waals surface area (Å²) in [6.07, 6.45) is 3.90. The third-order valence-corrected chi connectivity index (χ3v) is 5.27. The molecule has 0 atom stereocenters. The number of imidazole rings is 1. The van der Waals surface area contributed by atoms with Crippen molar-refractivity contribution in [3.63, 3.8) is 0 Å². The number of rotatable bonds is 6. The average molecular weight is 429 g/mol. The Bertz CT molecular complexity index is 1220. The van der Waals surface area contributed by atoms with Gasteiger partial charge in [-0.1, -0.05) is 12.1 Å². The minimum absolute atomic E-state index is 0.0632. The molecule has 3 heterocycles. The van der Waals surface area contributed by atoms with Crippen molar-refractivity contribution in [2.75, 3.05) is 20.3 Å². The van der Waals surface area contributed by atoms with E-state index in [1.54, 1.807) is 36.2 Å². The van der Waals surface area contributed by atoms with Crippen LogP contribution in [0.25, 0.3) is 5.65 Å². The van der Waals surface area contributed by atoms with Crippen LogP contribution in [-0.2, 0) is 13.2 Å². The molecule has 1 aliphatic rings. The van der Waals surface area contributed by atoms with E-state index in [9.17, 15) is 4.79 Å². The van der Waals surface area contributed by atoms with Crippen molar-refractivity contribution in [3.8, 4) is 17.2 Å². The van der Waals surface area contributed by atoms with Crippen molar-refractivity contribution >= 4 is 11.6 Å². The number of carbonyl (C=O) groups is 1. The Balaban J connectivity index is 1.19. The first kappa shape index (κ1) is 19.9. The van der Waals surface area contributed by atoms with E-state index in [0.29, 0.717) is 37.7 Å². The Morgan fingerprint density at radius 2 is 1.88 bits per heavy atom. The monoisotopic (exact) mass is 429 g/mol. The van der Waals surface area contributed by atoms with Gasteiger partial charge in [0.15, 0.2) is 11.5 Å². The summed E-state index contributed by atoms with van der Waals surface area (Å²) in [6, 6.07) is 18.8. The van der Waals surface area contributed by atoms with E-state index in [1.807, 2.05) is 53.2 Å². The highest BCUT2D eigenvalue weighted by atomic mass is 16.6. The van der Waals surface area contributed by atoms with Gasteiger partial charge in [-0.2, -0.15) is 0 Å². The smallest absolute Gasteiger partial charge is 0.253 e. The van der Waals surface area contributed by atoms with E-state index in [-0.39, 0.29) is 5.91 Å². The molecule has 5 rings (SSSR count). The summed E-state index contributed by atoms with van der Waals surface area (Å²) in [6.45, 7) is 1.93. The van der Waals surface area contributed by atoms with Crippen molar-refractivity contribution in [1.82, 2.24) is 14.3 Å². The molecular formula is C25H23N3O4. The minimum atomic E-state index is -0.0632. The molecule has 2 aromatic heterocycles. The fourth-order valence-electron chi connectivity index (χ4n) is 3.66. The van der Waals surface area contributed by atoms with E-state index < -0.39 is 0 Å². The summed E-state index contributed by atoms with van der Waals surface area (Å²) >= 11 is 0.